The van der Waals surface area contributed by atoms with E-state index in [-0.39, 0.29) is 38.2 Å². The van der Waals surface area contributed by atoms with Crippen molar-refractivity contribution in [3.05, 3.63) is 29.8 Å². The van der Waals surface area contributed by atoms with E-state index in [1.54, 1.807) is 0 Å². The molecule has 0 spiro atoms. The zero-order valence-electron chi connectivity index (χ0n) is 13.1. The lowest BCUT2D eigenvalue weighted by molar-refractivity contribution is -0.154. The molecule has 0 bridgehead atoms. The molecule has 0 aromatic heterocycles. The van der Waals surface area contributed by atoms with Gasteiger partial charge in [-0.25, -0.2) is 8.42 Å². The Hall–Kier alpha value is -2.07. The van der Waals surface area contributed by atoms with Gasteiger partial charge in [0, 0.05) is 25.3 Å². The Labute approximate surface area is 142 Å². The molecule has 0 radical (unpaired) electrons. The summed E-state index contributed by atoms with van der Waals surface area (Å²) in [5.41, 5.74) is -1.08. The number of carboxylic acid groups (broad SMARTS) is 1. The average molecular weight is 377 g/mol. The number of rotatable bonds is 6. The molecule has 1 aliphatic heterocycles. The fourth-order valence-electron chi connectivity index (χ4n) is 2.48. The maximum absolute atomic E-state index is 12.5. The lowest BCUT2D eigenvalue weighted by Crippen LogP contribution is -2.46. The zero-order valence-corrected chi connectivity index (χ0v) is 13.9. The molecule has 1 saturated heterocycles. The van der Waals surface area contributed by atoms with Crippen molar-refractivity contribution in [3.63, 3.8) is 0 Å². The van der Waals surface area contributed by atoms with Gasteiger partial charge in [-0.05, 0) is 37.1 Å². The van der Waals surface area contributed by atoms with Gasteiger partial charge in [-0.2, -0.15) is 8.78 Å². The molecule has 1 amide bonds. The summed E-state index contributed by atoms with van der Waals surface area (Å²) in [6, 6.07) is 4.03. The second-order valence-corrected chi connectivity index (χ2v) is 7.63. The van der Waals surface area contributed by atoms with E-state index in [2.05, 4.69) is 5.32 Å². The van der Waals surface area contributed by atoms with Crippen LogP contribution in [0.3, 0.4) is 0 Å². The lowest BCUT2D eigenvalue weighted by atomic mass is 9.80. The Kier molecular flexibility index (Phi) is 5.73. The number of benzene rings is 1. The van der Waals surface area contributed by atoms with Crippen LogP contribution in [0.2, 0.25) is 0 Å². The summed E-state index contributed by atoms with van der Waals surface area (Å²) in [4.78, 5) is 23.0. The molecular formula is C15H17F2NO6S. The first kappa shape index (κ1) is 19.3. The van der Waals surface area contributed by atoms with E-state index in [4.69, 9.17) is 4.74 Å². The summed E-state index contributed by atoms with van der Waals surface area (Å²) in [6.45, 7) is 0.451. The first-order valence-corrected chi connectivity index (χ1v) is 8.95. The first-order valence-electron chi connectivity index (χ1n) is 7.40. The van der Waals surface area contributed by atoms with Gasteiger partial charge in [0.25, 0.3) is 5.91 Å². The second kappa shape index (κ2) is 7.44. The van der Waals surface area contributed by atoms with Crippen LogP contribution in [0.4, 0.5) is 8.78 Å². The predicted molar refractivity (Wildman–Crippen MR) is 82.1 cm³/mol. The van der Waals surface area contributed by atoms with E-state index >= 15 is 0 Å². The number of carboxylic acids is 1. The topological polar surface area (TPSA) is 110 Å². The van der Waals surface area contributed by atoms with Crippen LogP contribution < -0.4 is 5.32 Å². The fourth-order valence-corrected chi connectivity index (χ4v) is 3.20. The molecule has 138 valence electrons. The summed E-state index contributed by atoms with van der Waals surface area (Å²) in [7, 11) is -4.73. The Bertz CT molecular complexity index is 742. The average Bonchev–Trinajstić information content (AvgIpc) is 2.60. The number of carbonyl (C=O) groups is 2. The van der Waals surface area contributed by atoms with Crippen LogP contribution in [-0.2, 0) is 19.4 Å². The highest BCUT2D eigenvalue weighted by Crippen LogP contribution is 2.30. The third-order valence-electron chi connectivity index (χ3n) is 4.17. The zero-order chi connectivity index (χ0) is 18.7. The monoisotopic (exact) mass is 377 g/mol. The van der Waals surface area contributed by atoms with E-state index in [1.165, 1.54) is 0 Å². The molecule has 1 aliphatic rings. The van der Waals surface area contributed by atoms with E-state index in [9.17, 15) is 31.9 Å². The number of nitrogens with one attached hydrogen (secondary N) is 1. The number of amides is 1. The Morgan fingerprint density at radius 1 is 1.20 bits per heavy atom. The number of ether oxygens (including phenoxy) is 1. The van der Waals surface area contributed by atoms with Crippen LogP contribution in [0.25, 0.3) is 0 Å². The minimum absolute atomic E-state index is 0.0424. The first-order chi connectivity index (χ1) is 11.7. The Morgan fingerprint density at radius 2 is 1.76 bits per heavy atom. The normalized spacial score (nSPS) is 17.2. The van der Waals surface area contributed by atoms with Crippen molar-refractivity contribution >= 4 is 21.7 Å². The minimum atomic E-state index is -4.73. The highest BCUT2D eigenvalue weighted by Gasteiger charge is 2.40. The summed E-state index contributed by atoms with van der Waals surface area (Å²) >= 11 is 0. The van der Waals surface area contributed by atoms with Gasteiger partial charge in [-0.3, -0.25) is 9.59 Å². The molecular weight excluding hydrogens is 360 g/mol. The van der Waals surface area contributed by atoms with Crippen LogP contribution in [0.1, 0.15) is 23.2 Å². The van der Waals surface area contributed by atoms with Crippen molar-refractivity contribution in [1.29, 1.82) is 0 Å². The van der Waals surface area contributed by atoms with Gasteiger partial charge in [0.15, 0.2) is 0 Å². The molecule has 2 rings (SSSR count). The Balaban J connectivity index is 2.07. The fraction of sp³-hybridized carbons (Fsp3) is 0.467. The molecule has 0 aliphatic carbocycles. The van der Waals surface area contributed by atoms with Crippen molar-refractivity contribution < 1.29 is 36.6 Å². The SMILES string of the molecule is O=C(NCC1(C(=O)O)CCOCC1)c1ccc(S(=O)(=O)C(F)F)cc1. The van der Waals surface area contributed by atoms with Crippen molar-refractivity contribution in [2.24, 2.45) is 5.41 Å². The molecule has 1 fully saturated rings. The van der Waals surface area contributed by atoms with Crippen molar-refractivity contribution in [1.82, 2.24) is 5.32 Å². The molecule has 1 aromatic rings. The van der Waals surface area contributed by atoms with Gasteiger partial charge in [0.1, 0.15) is 0 Å². The van der Waals surface area contributed by atoms with Gasteiger partial charge in [0.05, 0.1) is 10.3 Å². The Morgan fingerprint density at radius 3 is 2.24 bits per heavy atom. The van der Waals surface area contributed by atoms with Crippen LogP contribution in [-0.4, -0.2) is 50.9 Å². The molecule has 0 saturated carbocycles. The predicted octanol–water partition coefficient (Wildman–Crippen LogP) is 1.29. The highest BCUT2D eigenvalue weighted by molar-refractivity contribution is 7.91. The summed E-state index contributed by atoms with van der Waals surface area (Å²) in [5.74, 6) is -5.20. The lowest BCUT2D eigenvalue weighted by Gasteiger charge is -2.33. The number of sulfone groups is 1. The number of carbonyl (C=O) groups excluding carboxylic acids is 1. The van der Waals surface area contributed by atoms with E-state index in [0.29, 0.717) is 0 Å². The van der Waals surface area contributed by atoms with Crippen molar-refractivity contribution in [2.45, 2.75) is 23.5 Å². The summed E-state index contributed by atoms with van der Waals surface area (Å²) < 4.78 is 52.7. The molecule has 0 unspecified atom stereocenters. The van der Waals surface area contributed by atoms with Crippen molar-refractivity contribution in [2.75, 3.05) is 19.8 Å². The van der Waals surface area contributed by atoms with E-state index in [0.717, 1.165) is 24.3 Å². The van der Waals surface area contributed by atoms with Crippen LogP contribution >= 0.6 is 0 Å². The third-order valence-corrected chi connectivity index (χ3v) is 5.57. The van der Waals surface area contributed by atoms with Gasteiger partial charge >= 0.3 is 11.7 Å². The van der Waals surface area contributed by atoms with Gasteiger partial charge in [-0.1, -0.05) is 0 Å². The second-order valence-electron chi connectivity index (χ2n) is 5.71. The number of alkyl halides is 2. The maximum atomic E-state index is 12.5. The van der Waals surface area contributed by atoms with E-state index < -0.39 is 37.8 Å². The van der Waals surface area contributed by atoms with Gasteiger partial charge in [0.2, 0.25) is 9.84 Å². The van der Waals surface area contributed by atoms with Crippen LogP contribution in [0.15, 0.2) is 29.2 Å². The summed E-state index contributed by atoms with van der Waals surface area (Å²) in [5, 5.41) is 11.9. The molecule has 2 N–H and O–H groups in total. The standard InChI is InChI=1S/C15H17F2NO6S/c16-14(17)25(22,23)11-3-1-10(2-4-11)12(19)18-9-15(13(20)21)5-7-24-8-6-15/h1-4,14H,5-9H2,(H,18,19)(H,20,21). The maximum Gasteiger partial charge on any atom is 0.341 e. The number of hydrogen-bond donors (Lipinski definition) is 2. The van der Waals surface area contributed by atoms with Gasteiger partial charge in [-0.15, -0.1) is 0 Å². The molecule has 0 atom stereocenters. The smallest absolute Gasteiger partial charge is 0.341 e. The number of hydrogen-bond acceptors (Lipinski definition) is 5. The molecule has 10 heteroatoms. The van der Waals surface area contributed by atoms with Gasteiger partial charge < -0.3 is 15.2 Å². The molecule has 7 nitrogen and oxygen atoms in total. The van der Waals surface area contributed by atoms with Crippen molar-refractivity contribution in [3.8, 4) is 0 Å². The quantitative estimate of drug-likeness (QED) is 0.773. The third kappa shape index (κ3) is 4.13. The van der Waals surface area contributed by atoms with Crippen LogP contribution in [0.5, 0.6) is 0 Å². The largest absolute Gasteiger partial charge is 0.481 e. The number of halogens is 2. The van der Waals surface area contributed by atoms with Crippen LogP contribution in [0, 0.1) is 5.41 Å². The molecule has 1 heterocycles. The highest BCUT2D eigenvalue weighted by atomic mass is 32.2. The van der Waals surface area contributed by atoms with E-state index in [1.807, 2.05) is 0 Å². The summed E-state index contributed by atoms with van der Waals surface area (Å²) in [6.07, 6.45) is 0.516. The number of aliphatic carboxylic acids is 1. The minimum Gasteiger partial charge on any atom is -0.481 e. The molecule has 1 aromatic carbocycles. The molecule has 25 heavy (non-hydrogen) atoms.